The molecule has 0 aliphatic heterocycles. The van der Waals surface area contributed by atoms with Crippen molar-refractivity contribution in [2.24, 2.45) is 0 Å². The number of carbonyl (C=O) groups is 2. The fraction of sp³-hybridized carbons (Fsp3) is 0.222. The number of rotatable bonds is 6. The van der Waals surface area contributed by atoms with Crippen molar-refractivity contribution >= 4 is 23.1 Å². The van der Waals surface area contributed by atoms with Crippen molar-refractivity contribution in [2.75, 3.05) is 7.11 Å². The van der Waals surface area contributed by atoms with Crippen LogP contribution in [0.15, 0.2) is 48.5 Å². The predicted molar refractivity (Wildman–Crippen MR) is 93.2 cm³/mol. The van der Waals surface area contributed by atoms with Crippen LogP contribution >= 0.6 is 0 Å². The molecule has 1 amide bonds. The van der Waals surface area contributed by atoms with Crippen LogP contribution in [0.25, 0.3) is 11.0 Å². The molecule has 0 fully saturated rings. The zero-order valence-electron chi connectivity index (χ0n) is 14.1. The standard InChI is InChI=1S/C18H18N4O4/c1-25-17(23)16(10-13-7-8-14-15(9-13)21-22-20-14)19-18(24)26-11-12-5-3-2-4-6-12/h2-9,16H,10-11H2,1H3,(H,19,24)(H,20,21,22). The lowest BCUT2D eigenvalue weighted by Gasteiger charge is -2.16. The van der Waals surface area contributed by atoms with Crippen LogP contribution in [-0.2, 0) is 27.3 Å². The first-order chi connectivity index (χ1) is 12.7. The molecule has 2 N–H and O–H groups in total. The van der Waals surface area contributed by atoms with Crippen molar-refractivity contribution in [3.05, 3.63) is 59.7 Å². The Morgan fingerprint density at radius 2 is 1.85 bits per heavy atom. The molecule has 0 aliphatic rings. The average molecular weight is 354 g/mol. The van der Waals surface area contributed by atoms with Gasteiger partial charge in [0.05, 0.1) is 7.11 Å². The number of hydrogen-bond donors (Lipinski definition) is 2. The monoisotopic (exact) mass is 354 g/mol. The molecule has 8 nitrogen and oxygen atoms in total. The molecule has 134 valence electrons. The molecule has 0 spiro atoms. The van der Waals surface area contributed by atoms with Crippen LogP contribution in [0.1, 0.15) is 11.1 Å². The summed E-state index contributed by atoms with van der Waals surface area (Å²) in [6.07, 6.45) is -0.442. The molecule has 1 unspecified atom stereocenters. The fourth-order valence-corrected chi connectivity index (χ4v) is 2.49. The van der Waals surface area contributed by atoms with E-state index in [1.54, 1.807) is 12.1 Å². The van der Waals surface area contributed by atoms with E-state index in [0.29, 0.717) is 5.52 Å². The largest absolute Gasteiger partial charge is 0.467 e. The van der Waals surface area contributed by atoms with Crippen molar-refractivity contribution in [2.45, 2.75) is 19.1 Å². The predicted octanol–water partition coefficient (Wildman–Crippen LogP) is 1.97. The Morgan fingerprint density at radius 1 is 1.08 bits per heavy atom. The Hall–Kier alpha value is -3.42. The molecule has 8 heteroatoms. The Morgan fingerprint density at radius 3 is 2.62 bits per heavy atom. The quantitative estimate of drug-likeness (QED) is 0.656. The molecule has 3 aromatic rings. The smallest absolute Gasteiger partial charge is 0.408 e. The molecular weight excluding hydrogens is 336 g/mol. The topological polar surface area (TPSA) is 106 Å². The Balaban J connectivity index is 1.63. The molecule has 2 aromatic carbocycles. The summed E-state index contributed by atoms with van der Waals surface area (Å²) in [6.45, 7) is 0.117. The average Bonchev–Trinajstić information content (AvgIpc) is 3.14. The number of ether oxygens (including phenoxy) is 2. The van der Waals surface area contributed by atoms with Crippen LogP contribution in [0.3, 0.4) is 0 Å². The highest BCUT2D eigenvalue weighted by Gasteiger charge is 2.23. The molecule has 0 radical (unpaired) electrons. The van der Waals surface area contributed by atoms with Gasteiger partial charge in [-0.05, 0) is 23.3 Å². The maximum atomic E-state index is 12.0. The number of carbonyl (C=O) groups excluding carboxylic acids is 2. The minimum Gasteiger partial charge on any atom is -0.467 e. The van der Waals surface area contributed by atoms with E-state index in [1.165, 1.54) is 7.11 Å². The first-order valence-corrected chi connectivity index (χ1v) is 8.00. The van der Waals surface area contributed by atoms with Gasteiger partial charge in [-0.1, -0.05) is 36.4 Å². The van der Waals surface area contributed by atoms with E-state index < -0.39 is 18.1 Å². The summed E-state index contributed by atoms with van der Waals surface area (Å²) in [5.74, 6) is -0.554. The molecule has 0 saturated carbocycles. The first-order valence-electron chi connectivity index (χ1n) is 8.00. The van der Waals surface area contributed by atoms with Gasteiger partial charge in [-0.25, -0.2) is 9.59 Å². The molecule has 0 bridgehead atoms. The van der Waals surface area contributed by atoms with Gasteiger partial charge in [0.1, 0.15) is 23.7 Å². The van der Waals surface area contributed by atoms with Gasteiger partial charge >= 0.3 is 12.1 Å². The fourth-order valence-electron chi connectivity index (χ4n) is 2.49. The molecule has 1 aromatic heterocycles. The molecular formula is C18H18N4O4. The highest BCUT2D eigenvalue weighted by Crippen LogP contribution is 2.13. The second kappa shape index (κ2) is 8.11. The number of aromatic nitrogens is 3. The molecule has 0 aliphatic carbocycles. The van der Waals surface area contributed by atoms with Crippen molar-refractivity contribution in [1.82, 2.24) is 20.7 Å². The van der Waals surface area contributed by atoms with Crippen molar-refractivity contribution in [1.29, 1.82) is 0 Å². The van der Waals surface area contributed by atoms with Gasteiger partial charge in [-0.3, -0.25) is 0 Å². The summed E-state index contributed by atoms with van der Waals surface area (Å²) in [6, 6.07) is 13.8. The highest BCUT2D eigenvalue weighted by atomic mass is 16.6. The summed E-state index contributed by atoms with van der Waals surface area (Å²) in [4.78, 5) is 24.1. The van der Waals surface area contributed by atoms with Crippen molar-refractivity contribution in [3.8, 4) is 0 Å². The third-order valence-corrected chi connectivity index (χ3v) is 3.81. The zero-order valence-corrected chi connectivity index (χ0v) is 14.1. The molecule has 26 heavy (non-hydrogen) atoms. The minimum atomic E-state index is -0.868. The highest BCUT2D eigenvalue weighted by molar-refractivity contribution is 5.82. The van der Waals surface area contributed by atoms with Gasteiger partial charge in [0, 0.05) is 6.42 Å². The lowest BCUT2D eigenvalue weighted by Crippen LogP contribution is -2.43. The molecule has 1 atom stereocenters. The second-order valence-electron chi connectivity index (χ2n) is 5.63. The Kier molecular flexibility index (Phi) is 5.43. The zero-order chi connectivity index (χ0) is 18.4. The number of amides is 1. The van der Waals surface area contributed by atoms with Gasteiger partial charge < -0.3 is 14.8 Å². The summed E-state index contributed by atoms with van der Waals surface area (Å²) in [7, 11) is 1.27. The Labute approximate surface area is 149 Å². The third-order valence-electron chi connectivity index (χ3n) is 3.81. The van der Waals surface area contributed by atoms with Gasteiger partial charge in [-0.2, -0.15) is 15.4 Å². The van der Waals surface area contributed by atoms with Gasteiger partial charge in [0.15, 0.2) is 0 Å². The lowest BCUT2D eigenvalue weighted by molar-refractivity contribution is -0.143. The second-order valence-corrected chi connectivity index (χ2v) is 5.63. The number of hydrogen-bond acceptors (Lipinski definition) is 6. The number of alkyl carbamates (subject to hydrolysis) is 1. The first kappa shape index (κ1) is 17.4. The summed E-state index contributed by atoms with van der Waals surface area (Å²) in [5.41, 5.74) is 3.07. The summed E-state index contributed by atoms with van der Waals surface area (Å²) >= 11 is 0. The van der Waals surface area contributed by atoms with E-state index in [4.69, 9.17) is 9.47 Å². The number of methoxy groups -OCH3 is 1. The maximum Gasteiger partial charge on any atom is 0.408 e. The molecule has 3 rings (SSSR count). The van der Waals surface area contributed by atoms with E-state index in [0.717, 1.165) is 16.6 Å². The number of aromatic amines is 1. The maximum absolute atomic E-state index is 12.0. The van der Waals surface area contributed by atoms with E-state index in [2.05, 4.69) is 20.7 Å². The number of esters is 1. The number of benzene rings is 2. The van der Waals surface area contributed by atoms with E-state index >= 15 is 0 Å². The molecule has 1 heterocycles. The summed E-state index contributed by atoms with van der Waals surface area (Å²) < 4.78 is 9.94. The van der Waals surface area contributed by atoms with Crippen LogP contribution in [0.4, 0.5) is 4.79 Å². The van der Waals surface area contributed by atoms with Crippen LogP contribution < -0.4 is 5.32 Å². The number of nitrogens with one attached hydrogen (secondary N) is 2. The van der Waals surface area contributed by atoms with Crippen LogP contribution in [-0.4, -0.2) is 40.6 Å². The van der Waals surface area contributed by atoms with E-state index in [-0.39, 0.29) is 13.0 Å². The SMILES string of the molecule is COC(=O)C(Cc1ccc2n[nH]nc2c1)NC(=O)OCc1ccccc1. The van der Waals surface area contributed by atoms with Crippen LogP contribution in [0, 0.1) is 0 Å². The third kappa shape index (κ3) is 4.35. The van der Waals surface area contributed by atoms with Gasteiger partial charge in [-0.15, -0.1) is 0 Å². The van der Waals surface area contributed by atoms with Crippen molar-refractivity contribution < 1.29 is 19.1 Å². The normalized spacial score (nSPS) is 11.7. The van der Waals surface area contributed by atoms with E-state index in [1.807, 2.05) is 36.4 Å². The number of nitrogens with zero attached hydrogens (tertiary/aromatic N) is 2. The van der Waals surface area contributed by atoms with Gasteiger partial charge in [0.2, 0.25) is 0 Å². The van der Waals surface area contributed by atoms with Crippen LogP contribution in [0.5, 0.6) is 0 Å². The lowest BCUT2D eigenvalue weighted by atomic mass is 10.1. The number of fused-ring (bicyclic) bond motifs is 1. The van der Waals surface area contributed by atoms with Crippen LogP contribution in [0.2, 0.25) is 0 Å². The van der Waals surface area contributed by atoms with Crippen molar-refractivity contribution in [3.63, 3.8) is 0 Å². The van der Waals surface area contributed by atoms with Gasteiger partial charge in [0.25, 0.3) is 0 Å². The molecule has 0 saturated heterocycles. The minimum absolute atomic E-state index is 0.117. The summed E-state index contributed by atoms with van der Waals surface area (Å²) in [5, 5.41) is 13.1. The van der Waals surface area contributed by atoms with E-state index in [9.17, 15) is 9.59 Å². The number of H-pyrrole nitrogens is 1. The Bertz CT molecular complexity index is 894.